The van der Waals surface area contributed by atoms with Crippen LogP contribution in [0.2, 0.25) is 10.0 Å². The number of hydrogen-bond donors (Lipinski definition) is 1. The van der Waals surface area contributed by atoms with Crippen LogP contribution in [0, 0.1) is 10.1 Å². The van der Waals surface area contributed by atoms with Gasteiger partial charge in [0.15, 0.2) is 5.75 Å². The Morgan fingerprint density at radius 2 is 1.75 bits per heavy atom. The lowest BCUT2D eigenvalue weighted by atomic mass is 10.2. The first-order valence-corrected chi connectivity index (χ1v) is 9.01. The van der Waals surface area contributed by atoms with Crippen molar-refractivity contribution in [2.75, 3.05) is 26.4 Å². The number of carbonyl (C=O) groups is 1. The van der Waals surface area contributed by atoms with Crippen molar-refractivity contribution in [2.45, 2.75) is 6.61 Å². The van der Waals surface area contributed by atoms with Crippen molar-refractivity contribution in [3.8, 4) is 5.75 Å². The maximum Gasteiger partial charge on any atom is 0.407 e. The molecule has 10 heteroatoms. The van der Waals surface area contributed by atoms with Gasteiger partial charge in [-0.05, 0) is 5.56 Å². The SMILES string of the molecule is O=C(NCCOCCOc1c(Cl)cc([N+](=O)[O-])cc1Cl)OCc1ccccc1. The summed E-state index contributed by atoms with van der Waals surface area (Å²) >= 11 is 11.9. The second-order valence-electron chi connectivity index (χ2n) is 5.44. The number of amides is 1. The van der Waals surface area contributed by atoms with Gasteiger partial charge in [0.2, 0.25) is 0 Å². The minimum Gasteiger partial charge on any atom is -0.488 e. The highest BCUT2D eigenvalue weighted by Gasteiger charge is 2.15. The Kier molecular flexibility index (Phi) is 8.80. The smallest absolute Gasteiger partial charge is 0.407 e. The molecule has 0 aromatic heterocycles. The van der Waals surface area contributed by atoms with E-state index in [1.165, 1.54) is 0 Å². The molecule has 1 amide bonds. The molecule has 2 rings (SSSR count). The highest BCUT2D eigenvalue weighted by molar-refractivity contribution is 6.37. The number of halogens is 2. The van der Waals surface area contributed by atoms with E-state index < -0.39 is 11.0 Å². The summed E-state index contributed by atoms with van der Waals surface area (Å²) in [6, 6.07) is 11.7. The van der Waals surface area contributed by atoms with Crippen LogP contribution in [0.5, 0.6) is 5.75 Å². The van der Waals surface area contributed by atoms with E-state index in [0.29, 0.717) is 0 Å². The topological polar surface area (TPSA) is 99.9 Å². The van der Waals surface area contributed by atoms with Crippen LogP contribution in [0.4, 0.5) is 10.5 Å². The third-order valence-corrected chi connectivity index (χ3v) is 3.96. The van der Waals surface area contributed by atoms with E-state index in [2.05, 4.69) is 5.32 Å². The molecule has 0 fully saturated rings. The standard InChI is InChI=1S/C18H18Cl2N2O6/c19-15-10-14(22(24)25)11-16(20)17(15)27-9-8-26-7-6-21-18(23)28-12-13-4-2-1-3-5-13/h1-5,10-11H,6-9,12H2,(H,21,23). The zero-order valence-corrected chi connectivity index (χ0v) is 16.2. The Morgan fingerprint density at radius 1 is 1.07 bits per heavy atom. The number of rotatable bonds is 10. The number of nitrogens with one attached hydrogen (secondary N) is 1. The van der Waals surface area contributed by atoms with Crippen LogP contribution >= 0.6 is 23.2 Å². The Balaban J connectivity index is 1.58. The van der Waals surface area contributed by atoms with E-state index in [-0.39, 0.29) is 54.5 Å². The Hall–Kier alpha value is -2.55. The van der Waals surface area contributed by atoms with Crippen molar-refractivity contribution in [3.05, 3.63) is 68.2 Å². The second-order valence-corrected chi connectivity index (χ2v) is 6.26. The number of benzene rings is 2. The summed E-state index contributed by atoms with van der Waals surface area (Å²) in [5.41, 5.74) is 0.679. The first kappa shape index (κ1) is 21.7. The number of ether oxygens (including phenoxy) is 3. The highest BCUT2D eigenvalue weighted by atomic mass is 35.5. The van der Waals surface area contributed by atoms with E-state index in [1.54, 1.807) is 0 Å². The predicted molar refractivity (Wildman–Crippen MR) is 104 cm³/mol. The average Bonchev–Trinajstić information content (AvgIpc) is 2.67. The maximum absolute atomic E-state index is 11.5. The zero-order chi connectivity index (χ0) is 20.4. The molecule has 0 aliphatic carbocycles. The fourth-order valence-electron chi connectivity index (χ4n) is 2.09. The molecule has 0 bridgehead atoms. The van der Waals surface area contributed by atoms with Gasteiger partial charge in [0, 0.05) is 18.7 Å². The third kappa shape index (κ3) is 7.22. The third-order valence-electron chi connectivity index (χ3n) is 3.40. The van der Waals surface area contributed by atoms with Crippen LogP contribution in [0.3, 0.4) is 0 Å². The number of nitro benzene ring substituents is 1. The molecule has 0 spiro atoms. The molecule has 0 heterocycles. The van der Waals surface area contributed by atoms with Crippen LogP contribution in [-0.4, -0.2) is 37.4 Å². The highest BCUT2D eigenvalue weighted by Crippen LogP contribution is 2.36. The maximum atomic E-state index is 11.5. The van der Waals surface area contributed by atoms with Gasteiger partial charge in [-0.3, -0.25) is 10.1 Å². The van der Waals surface area contributed by atoms with E-state index in [1.807, 2.05) is 30.3 Å². The number of hydrogen-bond acceptors (Lipinski definition) is 6. The Labute approximate surface area is 171 Å². The van der Waals surface area contributed by atoms with Gasteiger partial charge in [0.25, 0.3) is 5.69 Å². The van der Waals surface area contributed by atoms with Gasteiger partial charge in [-0.2, -0.15) is 0 Å². The predicted octanol–water partition coefficient (Wildman–Crippen LogP) is 4.22. The number of nitrogens with zero attached hydrogens (tertiary/aromatic N) is 1. The van der Waals surface area contributed by atoms with E-state index >= 15 is 0 Å². The van der Waals surface area contributed by atoms with Gasteiger partial charge < -0.3 is 19.5 Å². The molecule has 0 saturated heterocycles. The van der Waals surface area contributed by atoms with Crippen LogP contribution in [0.1, 0.15) is 5.56 Å². The minimum atomic E-state index is -0.595. The molecule has 0 aliphatic rings. The number of alkyl carbamates (subject to hydrolysis) is 1. The molecule has 8 nitrogen and oxygen atoms in total. The van der Waals surface area contributed by atoms with Crippen LogP contribution < -0.4 is 10.1 Å². The van der Waals surface area contributed by atoms with Crippen molar-refractivity contribution < 1.29 is 23.9 Å². The lowest BCUT2D eigenvalue weighted by Crippen LogP contribution is -2.28. The summed E-state index contributed by atoms with van der Waals surface area (Å²) in [7, 11) is 0. The molecule has 0 unspecified atom stereocenters. The molecule has 0 atom stereocenters. The van der Waals surface area contributed by atoms with Gasteiger partial charge in [-0.1, -0.05) is 53.5 Å². The number of non-ortho nitro benzene ring substituents is 1. The van der Waals surface area contributed by atoms with Crippen LogP contribution in [-0.2, 0) is 16.1 Å². The molecule has 0 aliphatic heterocycles. The molecule has 2 aromatic carbocycles. The Morgan fingerprint density at radius 3 is 2.39 bits per heavy atom. The fraction of sp³-hybridized carbons (Fsp3) is 0.278. The van der Waals surface area contributed by atoms with Crippen molar-refractivity contribution in [1.82, 2.24) is 5.32 Å². The molecule has 1 N–H and O–H groups in total. The van der Waals surface area contributed by atoms with E-state index in [9.17, 15) is 14.9 Å². The molecular weight excluding hydrogens is 411 g/mol. The summed E-state index contributed by atoms with van der Waals surface area (Å²) in [6.45, 7) is 1.07. The van der Waals surface area contributed by atoms with Crippen molar-refractivity contribution in [3.63, 3.8) is 0 Å². The summed E-state index contributed by atoms with van der Waals surface area (Å²) in [5, 5.41) is 13.4. The summed E-state index contributed by atoms with van der Waals surface area (Å²) in [6.07, 6.45) is -0.534. The molecule has 28 heavy (non-hydrogen) atoms. The average molecular weight is 429 g/mol. The van der Waals surface area contributed by atoms with Crippen molar-refractivity contribution >= 4 is 35.0 Å². The minimum absolute atomic E-state index is 0.0435. The van der Waals surface area contributed by atoms with Gasteiger partial charge >= 0.3 is 6.09 Å². The van der Waals surface area contributed by atoms with Crippen molar-refractivity contribution in [1.29, 1.82) is 0 Å². The molecule has 2 aromatic rings. The van der Waals surface area contributed by atoms with Crippen molar-refractivity contribution in [2.24, 2.45) is 0 Å². The molecule has 0 radical (unpaired) electrons. The van der Waals surface area contributed by atoms with Gasteiger partial charge in [-0.15, -0.1) is 0 Å². The normalized spacial score (nSPS) is 10.4. The second kappa shape index (κ2) is 11.3. The lowest BCUT2D eigenvalue weighted by molar-refractivity contribution is -0.384. The van der Waals surface area contributed by atoms with Gasteiger partial charge in [0.1, 0.15) is 13.2 Å². The van der Waals surface area contributed by atoms with E-state index in [4.69, 9.17) is 37.4 Å². The fourth-order valence-corrected chi connectivity index (χ4v) is 2.68. The van der Waals surface area contributed by atoms with Gasteiger partial charge in [-0.25, -0.2) is 4.79 Å². The van der Waals surface area contributed by atoms with Crippen LogP contribution in [0.25, 0.3) is 0 Å². The molecule has 150 valence electrons. The lowest BCUT2D eigenvalue weighted by Gasteiger charge is -2.11. The molecular formula is C18H18Cl2N2O6. The number of nitro groups is 1. The quantitative estimate of drug-likeness (QED) is 0.345. The largest absolute Gasteiger partial charge is 0.488 e. The zero-order valence-electron chi connectivity index (χ0n) is 14.7. The first-order valence-electron chi connectivity index (χ1n) is 8.26. The summed E-state index contributed by atoms with van der Waals surface area (Å²) in [5.74, 6) is 0.153. The van der Waals surface area contributed by atoms with E-state index in [0.717, 1.165) is 17.7 Å². The number of carbonyl (C=O) groups excluding carboxylic acids is 1. The summed E-state index contributed by atoms with van der Waals surface area (Å²) < 4.78 is 15.8. The van der Waals surface area contributed by atoms with Crippen LogP contribution in [0.15, 0.2) is 42.5 Å². The molecule has 0 saturated carbocycles. The summed E-state index contributed by atoms with van der Waals surface area (Å²) in [4.78, 5) is 21.7. The monoisotopic (exact) mass is 428 g/mol. The first-order chi connectivity index (χ1) is 13.5. The Bertz CT molecular complexity index is 781. The van der Waals surface area contributed by atoms with Gasteiger partial charge in [0.05, 0.1) is 28.2 Å².